The molecule has 1 amide bonds. The molecule has 0 aliphatic heterocycles. The van der Waals surface area contributed by atoms with Gasteiger partial charge in [0.25, 0.3) is 5.91 Å². The van der Waals surface area contributed by atoms with E-state index in [1.807, 2.05) is 0 Å². The number of amides is 1. The van der Waals surface area contributed by atoms with Gasteiger partial charge >= 0.3 is 0 Å². The molecule has 3 nitrogen and oxygen atoms in total. The first-order valence-electron chi connectivity index (χ1n) is 4.19. The fourth-order valence-electron chi connectivity index (χ4n) is 0.907. The monoisotopic (exact) mass is 216 g/mol. The van der Waals surface area contributed by atoms with Crippen molar-refractivity contribution >= 4 is 17.5 Å². The summed E-state index contributed by atoms with van der Waals surface area (Å²) in [7, 11) is 0. The summed E-state index contributed by atoms with van der Waals surface area (Å²) in [6.45, 7) is 0.485. The van der Waals surface area contributed by atoms with Gasteiger partial charge in [0.05, 0.1) is 11.8 Å². The number of carbonyl (C=O) groups excluding carboxylic acids is 1. The number of carbonyl (C=O) groups is 1. The molecule has 76 valence electrons. The zero-order valence-corrected chi connectivity index (χ0v) is 8.22. The standard InChI is InChI=1S/C9H10ClFN2O/c10-2-1-3-13-9(14)7-4-8(11)6-12-5-7/h4-6H,1-3H2,(H,13,14). The van der Waals surface area contributed by atoms with Gasteiger partial charge in [-0.15, -0.1) is 11.6 Å². The lowest BCUT2D eigenvalue weighted by molar-refractivity contribution is 0.0953. The van der Waals surface area contributed by atoms with Gasteiger partial charge in [-0.05, 0) is 12.5 Å². The zero-order valence-electron chi connectivity index (χ0n) is 7.46. The highest BCUT2D eigenvalue weighted by molar-refractivity contribution is 6.17. The van der Waals surface area contributed by atoms with Crippen molar-refractivity contribution in [3.8, 4) is 0 Å². The lowest BCUT2D eigenvalue weighted by atomic mass is 10.2. The molecule has 1 rings (SSSR count). The Bertz CT molecular complexity index is 319. The van der Waals surface area contributed by atoms with E-state index in [9.17, 15) is 9.18 Å². The smallest absolute Gasteiger partial charge is 0.252 e. The van der Waals surface area contributed by atoms with E-state index in [1.54, 1.807) is 0 Å². The van der Waals surface area contributed by atoms with Crippen molar-refractivity contribution in [2.45, 2.75) is 6.42 Å². The van der Waals surface area contributed by atoms with E-state index in [-0.39, 0.29) is 11.5 Å². The summed E-state index contributed by atoms with van der Waals surface area (Å²) in [6, 6.07) is 1.14. The van der Waals surface area contributed by atoms with Crippen LogP contribution in [0.3, 0.4) is 0 Å². The maximum atomic E-state index is 12.7. The fourth-order valence-corrected chi connectivity index (χ4v) is 1.04. The first kappa shape index (κ1) is 10.9. The molecule has 0 radical (unpaired) electrons. The van der Waals surface area contributed by atoms with Crippen molar-refractivity contribution in [1.82, 2.24) is 10.3 Å². The maximum Gasteiger partial charge on any atom is 0.252 e. The molecule has 14 heavy (non-hydrogen) atoms. The molecule has 1 aromatic heterocycles. The highest BCUT2D eigenvalue weighted by Gasteiger charge is 2.05. The fraction of sp³-hybridized carbons (Fsp3) is 0.333. The molecule has 0 aromatic carbocycles. The molecule has 0 atom stereocenters. The van der Waals surface area contributed by atoms with Crippen LogP contribution in [0, 0.1) is 5.82 Å². The molecule has 0 bridgehead atoms. The van der Waals surface area contributed by atoms with Gasteiger partial charge in [-0.1, -0.05) is 0 Å². The van der Waals surface area contributed by atoms with Crippen molar-refractivity contribution in [2.75, 3.05) is 12.4 Å². The van der Waals surface area contributed by atoms with Gasteiger partial charge in [0.2, 0.25) is 0 Å². The molecule has 0 saturated heterocycles. The predicted molar refractivity (Wildman–Crippen MR) is 51.9 cm³/mol. The van der Waals surface area contributed by atoms with Crippen LogP contribution in [0.1, 0.15) is 16.8 Å². The summed E-state index contributed by atoms with van der Waals surface area (Å²) >= 11 is 5.43. The summed E-state index contributed by atoms with van der Waals surface area (Å²) in [5.74, 6) is -0.362. The molecule has 0 aliphatic carbocycles. The second kappa shape index (κ2) is 5.54. The van der Waals surface area contributed by atoms with Crippen LogP contribution in [0.2, 0.25) is 0 Å². The Morgan fingerprint density at radius 2 is 2.36 bits per heavy atom. The number of aromatic nitrogens is 1. The van der Waals surface area contributed by atoms with Gasteiger partial charge in [0, 0.05) is 18.6 Å². The number of hydrogen-bond acceptors (Lipinski definition) is 2. The molecular weight excluding hydrogens is 207 g/mol. The predicted octanol–water partition coefficient (Wildman–Crippen LogP) is 1.58. The van der Waals surface area contributed by atoms with Crippen LogP contribution in [0.15, 0.2) is 18.5 Å². The number of alkyl halides is 1. The average Bonchev–Trinajstić information content (AvgIpc) is 2.18. The van der Waals surface area contributed by atoms with Crippen molar-refractivity contribution < 1.29 is 9.18 Å². The molecule has 5 heteroatoms. The Morgan fingerprint density at radius 1 is 1.57 bits per heavy atom. The lowest BCUT2D eigenvalue weighted by Gasteiger charge is -2.02. The zero-order chi connectivity index (χ0) is 10.4. The van der Waals surface area contributed by atoms with Crippen molar-refractivity contribution in [2.24, 2.45) is 0 Å². The van der Waals surface area contributed by atoms with E-state index in [0.29, 0.717) is 18.8 Å². The van der Waals surface area contributed by atoms with E-state index in [0.717, 1.165) is 12.3 Å². The number of hydrogen-bond donors (Lipinski definition) is 1. The van der Waals surface area contributed by atoms with Crippen LogP contribution >= 0.6 is 11.6 Å². The summed E-state index contributed by atoms with van der Waals surface area (Å²) < 4.78 is 12.7. The quantitative estimate of drug-likeness (QED) is 0.613. The molecule has 0 aliphatic rings. The van der Waals surface area contributed by atoms with Gasteiger partial charge in [0.1, 0.15) is 5.82 Å². The molecule has 1 N–H and O–H groups in total. The Kier molecular flexibility index (Phi) is 4.32. The largest absolute Gasteiger partial charge is 0.352 e. The first-order chi connectivity index (χ1) is 6.74. The van der Waals surface area contributed by atoms with E-state index >= 15 is 0 Å². The van der Waals surface area contributed by atoms with Crippen molar-refractivity contribution in [1.29, 1.82) is 0 Å². The molecule has 0 saturated carbocycles. The van der Waals surface area contributed by atoms with E-state index in [1.165, 1.54) is 6.20 Å². The number of nitrogens with zero attached hydrogens (tertiary/aromatic N) is 1. The number of halogens is 2. The third-order valence-electron chi connectivity index (χ3n) is 1.56. The Balaban J connectivity index is 2.52. The van der Waals surface area contributed by atoms with Crippen molar-refractivity contribution in [3.63, 3.8) is 0 Å². The molecule has 0 fully saturated rings. The van der Waals surface area contributed by atoms with Gasteiger partial charge in [0.15, 0.2) is 0 Å². The number of rotatable bonds is 4. The minimum absolute atomic E-state index is 0.222. The normalized spacial score (nSPS) is 9.86. The Hall–Kier alpha value is -1.16. The van der Waals surface area contributed by atoms with E-state index in [2.05, 4.69) is 10.3 Å². The molecular formula is C9H10ClFN2O. The second-order valence-corrected chi connectivity index (χ2v) is 3.07. The average molecular weight is 217 g/mol. The topological polar surface area (TPSA) is 42.0 Å². The maximum absolute atomic E-state index is 12.7. The van der Waals surface area contributed by atoms with Crippen LogP contribution in [0.25, 0.3) is 0 Å². The molecule has 0 unspecified atom stereocenters. The van der Waals surface area contributed by atoms with Gasteiger partial charge < -0.3 is 5.32 Å². The Morgan fingerprint density at radius 3 is 3.00 bits per heavy atom. The minimum atomic E-state index is -0.519. The van der Waals surface area contributed by atoms with Crippen LogP contribution in [-0.2, 0) is 0 Å². The lowest BCUT2D eigenvalue weighted by Crippen LogP contribution is -2.24. The highest BCUT2D eigenvalue weighted by Crippen LogP contribution is 2.00. The third-order valence-corrected chi connectivity index (χ3v) is 1.83. The highest BCUT2D eigenvalue weighted by atomic mass is 35.5. The van der Waals surface area contributed by atoms with Gasteiger partial charge in [-0.2, -0.15) is 0 Å². The van der Waals surface area contributed by atoms with Crippen molar-refractivity contribution in [3.05, 3.63) is 29.8 Å². The summed E-state index contributed by atoms with van der Waals surface area (Å²) in [5, 5.41) is 2.60. The molecule has 1 heterocycles. The van der Waals surface area contributed by atoms with Crippen LogP contribution in [0.5, 0.6) is 0 Å². The summed E-state index contributed by atoms with van der Waals surface area (Å²) in [5.41, 5.74) is 0.222. The second-order valence-electron chi connectivity index (χ2n) is 2.69. The van der Waals surface area contributed by atoms with Gasteiger partial charge in [-0.25, -0.2) is 4.39 Å². The van der Waals surface area contributed by atoms with Crippen LogP contribution < -0.4 is 5.32 Å². The van der Waals surface area contributed by atoms with Crippen LogP contribution in [0.4, 0.5) is 4.39 Å². The number of pyridine rings is 1. The van der Waals surface area contributed by atoms with Crippen LogP contribution in [-0.4, -0.2) is 23.3 Å². The molecule has 1 aromatic rings. The van der Waals surface area contributed by atoms with E-state index < -0.39 is 5.82 Å². The number of nitrogens with one attached hydrogen (secondary N) is 1. The SMILES string of the molecule is O=C(NCCCCl)c1cncc(F)c1. The first-order valence-corrected chi connectivity index (χ1v) is 4.72. The van der Waals surface area contributed by atoms with E-state index in [4.69, 9.17) is 11.6 Å². The third kappa shape index (κ3) is 3.30. The Labute approximate surface area is 86.3 Å². The summed E-state index contributed by atoms with van der Waals surface area (Å²) in [6.07, 6.45) is 3.06. The molecule has 0 spiro atoms. The van der Waals surface area contributed by atoms with Gasteiger partial charge in [-0.3, -0.25) is 9.78 Å². The summed E-state index contributed by atoms with van der Waals surface area (Å²) in [4.78, 5) is 14.9. The minimum Gasteiger partial charge on any atom is -0.352 e.